The summed E-state index contributed by atoms with van der Waals surface area (Å²) in [6, 6.07) is 8.70. The van der Waals surface area contributed by atoms with Gasteiger partial charge in [-0.1, -0.05) is 32.9 Å². The van der Waals surface area contributed by atoms with Gasteiger partial charge in [-0.15, -0.1) is 15.3 Å². The second kappa shape index (κ2) is 7.29. The lowest BCUT2D eigenvalue weighted by molar-refractivity contribution is -0.153. The minimum absolute atomic E-state index is 0.200. The summed E-state index contributed by atoms with van der Waals surface area (Å²) in [6.45, 7) is 6.78. The zero-order chi connectivity index (χ0) is 20.5. The van der Waals surface area contributed by atoms with Crippen molar-refractivity contribution in [2.75, 3.05) is 11.9 Å². The van der Waals surface area contributed by atoms with Crippen LogP contribution >= 0.6 is 0 Å². The highest BCUT2D eigenvalue weighted by molar-refractivity contribution is 5.46. The van der Waals surface area contributed by atoms with E-state index in [0.717, 1.165) is 11.4 Å². The number of anilines is 1. The molecule has 0 amide bonds. The summed E-state index contributed by atoms with van der Waals surface area (Å²) >= 11 is 0. The number of hydrogen-bond acceptors (Lipinski definition) is 5. The zero-order valence-corrected chi connectivity index (χ0v) is 16.1. The van der Waals surface area contributed by atoms with Gasteiger partial charge >= 0.3 is 6.18 Å². The van der Waals surface area contributed by atoms with Crippen LogP contribution in [-0.2, 0) is 12.0 Å². The van der Waals surface area contributed by atoms with Gasteiger partial charge < -0.3 is 10.1 Å². The highest BCUT2D eigenvalue weighted by Gasteiger charge is 2.29. The van der Waals surface area contributed by atoms with Crippen LogP contribution in [0.5, 0.6) is 5.75 Å². The van der Waals surface area contributed by atoms with Crippen molar-refractivity contribution in [2.45, 2.75) is 45.8 Å². The van der Waals surface area contributed by atoms with Gasteiger partial charge in [-0.2, -0.15) is 17.7 Å². The fourth-order valence-electron chi connectivity index (χ4n) is 2.64. The number of nitrogens with one attached hydrogen (secondary N) is 1. The highest BCUT2D eigenvalue weighted by Crippen LogP contribution is 2.25. The molecule has 0 bridgehead atoms. The van der Waals surface area contributed by atoms with Gasteiger partial charge in [0.05, 0.1) is 0 Å². The first kappa shape index (κ1) is 19.9. The number of aromatic nitrogens is 4. The minimum atomic E-state index is -4.39. The van der Waals surface area contributed by atoms with E-state index in [9.17, 15) is 13.2 Å². The maximum absolute atomic E-state index is 12.5. The van der Waals surface area contributed by atoms with Crippen LogP contribution in [0.3, 0.4) is 0 Å². The molecule has 9 heteroatoms. The fraction of sp³-hybridized carbons (Fsp3) is 0.421. The Balaban J connectivity index is 1.80. The SMILES string of the molecule is Cc1ccc(CNc2ccc3nnc(C(C)(C)C)n3n2)c(OCC(F)(F)F)c1. The van der Waals surface area contributed by atoms with E-state index in [2.05, 4.69) is 20.6 Å². The highest BCUT2D eigenvalue weighted by atomic mass is 19.4. The summed E-state index contributed by atoms with van der Waals surface area (Å²) in [6.07, 6.45) is -4.39. The van der Waals surface area contributed by atoms with Gasteiger partial charge in [0.15, 0.2) is 18.1 Å². The van der Waals surface area contributed by atoms with Crippen molar-refractivity contribution >= 4 is 11.5 Å². The average Bonchev–Trinajstić information content (AvgIpc) is 3.02. The van der Waals surface area contributed by atoms with Crippen LogP contribution in [0.15, 0.2) is 30.3 Å². The van der Waals surface area contributed by atoms with Crippen LogP contribution in [0.2, 0.25) is 0 Å². The summed E-state index contributed by atoms with van der Waals surface area (Å²) in [5.74, 6) is 1.47. The van der Waals surface area contributed by atoms with Crippen molar-refractivity contribution in [1.29, 1.82) is 0 Å². The monoisotopic (exact) mass is 393 g/mol. The van der Waals surface area contributed by atoms with E-state index in [0.29, 0.717) is 17.0 Å². The van der Waals surface area contributed by atoms with Gasteiger partial charge in [0.2, 0.25) is 0 Å². The molecule has 0 radical (unpaired) electrons. The van der Waals surface area contributed by atoms with E-state index in [-0.39, 0.29) is 17.7 Å². The van der Waals surface area contributed by atoms with Gasteiger partial charge in [-0.25, -0.2) is 0 Å². The van der Waals surface area contributed by atoms with E-state index in [1.54, 1.807) is 35.7 Å². The smallest absolute Gasteiger partial charge is 0.422 e. The van der Waals surface area contributed by atoms with E-state index in [1.165, 1.54) is 0 Å². The Kier molecular flexibility index (Phi) is 5.18. The molecule has 0 fully saturated rings. The van der Waals surface area contributed by atoms with Crippen molar-refractivity contribution in [2.24, 2.45) is 0 Å². The molecule has 0 aliphatic rings. The van der Waals surface area contributed by atoms with Gasteiger partial charge in [0.25, 0.3) is 0 Å². The molecule has 1 N–H and O–H groups in total. The lowest BCUT2D eigenvalue weighted by atomic mass is 9.96. The van der Waals surface area contributed by atoms with E-state index in [4.69, 9.17) is 4.74 Å². The molecular formula is C19H22F3N5O. The quantitative estimate of drug-likeness (QED) is 0.701. The molecule has 0 atom stereocenters. The molecule has 0 saturated carbocycles. The van der Waals surface area contributed by atoms with Crippen LogP contribution < -0.4 is 10.1 Å². The lowest BCUT2D eigenvalue weighted by Gasteiger charge is -2.16. The largest absolute Gasteiger partial charge is 0.484 e. The molecular weight excluding hydrogens is 371 g/mol. The normalized spacial score (nSPS) is 12.4. The van der Waals surface area contributed by atoms with Crippen LogP contribution in [0.1, 0.15) is 37.7 Å². The van der Waals surface area contributed by atoms with Crippen LogP contribution in [-0.4, -0.2) is 32.6 Å². The van der Waals surface area contributed by atoms with Gasteiger partial charge in [0.1, 0.15) is 11.6 Å². The number of rotatable bonds is 5. The minimum Gasteiger partial charge on any atom is -0.484 e. The number of hydrogen-bond donors (Lipinski definition) is 1. The molecule has 2 aromatic heterocycles. The first-order chi connectivity index (χ1) is 13.0. The molecule has 0 aliphatic heterocycles. The van der Waals surface area contributed by atoms with Gasteiger partial charge in [-0.05, 0) is 30.7 Å². The fourth-order valence-corrected chi connectivity index (χ4v) is 2.64. The van der Waals surface area contributed by atoms with E-state index >= 15 is 0 Å². The maximum Gasteiger partial charge on any atom is 0.422 e. The Morgan fingerprint density at radius 2 is 1.82 bits per heavy atom. The average molecular weight is 393 g/mol. The predicted octanol–water partition coefficient (Wildman–Crippen LogP) is 4.28. The number of aryl methyl sites for hydroxylation is 1. The standard InChI is InChI=1S/C19H22F3N5O/c1-12-5-6-13(14(9-12)28-11-19(20,21)22)10-23-15-7-8-16-24-25-17(18(2,3)4)27(16)26-15/h5-9H,10-11H2,1-4H3,(H,23,26). The van der Waals surface area contributed by atoms with Crippen molar-refractivity contribution in [3.8, 4) is 5.75 Å². The number of benzene rings is 1. The third kappa shape index (κ3) is 4.71. The molecule has 2 heterocycles. The molecule has 1 aromatic carbocycles. The van der Waals surface area contributed by atoms with Crippen LogP contribution in [0.4, 0.5) is 19.0 Å². The Morgan fingerprint density at radius 1 is 1.07 bits per heavy atom. The number of nitrogens with zero attached hydrogens (tertiary/aromatic N) is 4. The number of alkyl halides is 3. The Morgan fingerprint density at radius 3 is 2.50 bits per heavy atom. The van der Waals surface area contributed by atoms with Crippen molar-refractivity contribution in [1.82, 2.24) is 19.8 Å². The first-order valence-electron chi connectivity index (χ1n) is 8.79. The predicted molar refractivity (Wildman–Crippen MR) is 99.5 cm³/mol. The molecule has 28 heavy (non-hydrogen) atoms. The summed E-state index contributed by atoms with van der Waals surface area (Å²) < 4.78 is 44.2. The second-order valence-corrected chi connectivity index (χ2v) is 7.63. The second-order valence-electron chi connectivity index (χ2n) is 7.63. The summed E-state index contributed by atoms with van der Waals surface area (Å²) in [4.78, 5) is 0. The van der Waals surface area contributed by atoms with Crippen molar-refractivity contribution < 1.29 is 17.9 Å². The summed E-state index contributed by atoms with van der Waals surface area (Å²) in [7, 11) is 0. The zero-order valence-electron chi connectivity index (χ0n) is 16.1. The summed E-state index contributed by atoms with van der Waals surface area (Å²) in [5, 5.41) is 15.9. The topological polar surface area (TPSA) is 64.3 Å². The molecule has 150 valence electrons. The third-order valence-corrected chi connectivity index (χ3v) is 4.01. The Bertz CT molecular complexity index is 976. The molecule has 6 nitrogen and oxygen atoms in total. The van der Waals surface area contributed by atoms with Gasteiger partial charge in [0, 0.05) is 17.5 Å². The third-order valence-electron chi connectivity index (χ3n) is 4.01. The van der Waals surface area contributed by atoms with E-state index in [1.807, 2.05) is 26.8 Å². The number of ether oxygens (including phenoxy) is 1. The number of fused-ring (bicyclic) bond motifs is 1. The van der Waals surface area contributed by atoms with Crippen LogP contribution in [0, 0.1) is 6.92 Å². The Labute approximate surface area is 160 Å². The Hall–Kier alpha value is -2.84. The molecule has 0 unspecified atom stereocenters. The van der Waals surface area contributed by atoms with Gasteiger partial charge in [-0.3, -0.25) is 0 Å². The molecule has 3 aromatic rings. The lowest BCUT2D eigenvalue weighted by Crippen LogP contribution is -2.20. The van der Waals surface area contributed by atoms with Crippen molar-refractivity contribution in [3.63, 3.8) is 0 Å². The molecule has 0 saturated heterocycles. The molecule has 3 rings (SSSR count). The molecule has 0 spiro atoms. The first-order valence-corrected chi connectivity index (χ1v) is 8.79. The summed E-state index contributed by atoms with van der Waals surface area (Å²) in [5.41, 5.74) is 1.82. The number of halogens is 3. The van der Waals surface area contributed by atoms with Crippen LogP contribution in [0.25, 0.3) is 5.65 Å². The van der Waals surface area contributed by atoms with Crippen molar-refractivity contribution in [3.05, 3.63) is 47.3 Å². The van der Waals surface area contributed by atoms with E-state index < -0.39 is 12.8 Å². The maximum atomic E-state index is 12.5. The molecule has 0 aliphatic carbocycles.